The minimum Gasteiger partial charge on any atom is -0.322 e. The van der Waals surface area contributed by atoms with Gasteiger partial charge in [-0.1, -0.05) is 34.1 Å². The van der Waals surface area contributed by atoms with Gasteiger partial charge < -0.3 is 10.5 Å². The summed E-state index contributed by atoms with van der Waals surface area (Å²) < 4.78 is 0. The van der Waals surface area contributed by atoms with Crippen molar-refractivity contribution in [1.82, 2.24) is 0 Å². The number of carbonyl (C=O) groups is 1. The summed E-state index contributed by atoms with van der Waals surface area (Å²) in [5.74, 6) is 0.326. The Morgan fingerprint density at radius 2 is 1.90 bits per heavy atom. The Morgan fingerprint density at radius 1 is 1.50 bits per heavy atom. The van der Waals surface area contributed by atoms with E-state index in [4.69, 9.17) is 5.73 Å². The molecule has 0 aliphatic carbocycles. The van der Waals surface area contributed by atoms with Crippen molar-refractivity contribution in [3.05, 3.63) is 0 Å². The van der Waals surface area contributed by atoms with Crippen molar-refractivity contribution in [2.75, 3.05) is 0 Å². The van der Waals surface area contributed by atoms with Gasteiger partial charge in [0.25, 0.3) is 0 Å². The minimum atomic E-state index is -0.264. The van der Waals surface area contributed by atoms with E-state index in [1.807, 2.05) is 27.7 Å². The van der Waals surface area contributed by atoms with Crippen molar-refractivity contribution in [3.8, 4) is 0 Å². The molecule has 2 nitrogen and oxygen atoms in total. The molecule has 0 spiro atoms. The zero-order valence-electron chi connectivity index (χ0n) is 7.42. The number of rotatable bonds is 3. The quantitative estimate of drug-likeness (QED) is 0.613. The molecule has 2 atom stereocenters. The van der Waals surface area contributed by atoms with Crippen LogP contribution in [-0.4, -0.2) is 12.3 Å². The van der Waals surface area contributed by atoms with E-state index in [1.54, 1.807) is 0 Å². The zero-order chi connectivity index (χ0) is 8.57. The van der Waals surface area contributed by atoms with Crippen LogP contribution in [0.1, 0.15) is 34.1 Å². The highest BCUT2D eigenvalue weighted by atomic mass is 16.1. The second-order valence-electron chi connectivity index (χ2n) is 2.10. The summed E-state index contributed by atoms with van der Waals surface area (Å²) in [6.07, 6.45) is 1.77. The number of hydrogen-bond acceptors (Lipinski definition) is 2. The van der Waals surface area contributed by atoms with Crippen LogP contribution in [0.15, 0.2) is 0 Å². The van der Waals surface area contributed by atoms with E-state index in [9.17, 15) is 4.79 Å². The minimum absolute atomic E-state index is 0.264. The lowest BCUT2D eigenvalue weighted by molar-refractivity contribution is -0.109. The Balaban J connectivity index is 0. The fourth-order valence-corrected chi connectivity index (χ4v) is 0.406. The Morgan fingerprint density at radius 3 is 2.00 bits per heavy atom. The van der Waals surface area contributed by atoms with Crippen LogP contribution in [0.5, 0.6) is 0 Å². The van der Waals surface area contributed by atoms with Crippen LogP contribution in [0.2, 0.25) is 0 Å². The Kier molecular flexibility index (Phi) is 10.6. The molecule has 0 radical (unpaired) electrons. The molecular weight excluding hydrogens is 126 g/mol. The van der Waals surface area contributed by atoms with Gasteiger partial charge in [-0.3, -0.25) is 0 Å². The molecule has 0 heterocycles. The second kappa shape index (κ2) is 8.63. The average Bonchev–Trinajstić information content (AvgIpc) is 2.05. The molecule has 2 N–H and O–H groups in total. The lowest BCUT2D eigenvalue weighted by Gasteiger charge is -2.09. The molecular formula is C8H19NO. The number of carbonyl (C=O) groups excluding carboxylic acids is 1. The molecule has 0 saturated heterocycles. The van der Waals surface area contributed by atoms with Gasteiger partial charge in [0.1, 0.15) is 6.29 Å². The van der Waals surface area contributed by atoms with Crippen LogP contribution < -0.4 is 5.73 Å². The van der Waals surface area contributed by atoms with E-state index in [-0.39, 0.29) is 6.04 Å². The lowest BCUT2D eigenvalue weighted by atomic mass is 10.0. The number of nitrogens with two attached hydrogens (primary N) is 1. The first-order chi connectivity index (χ1) is 4.72. The summed E-state index contributed by atoms with van der Waals surface area (Å²) in [6, 6.07) is -0.264. The summed E-state index contributed by atoms with van der Waals surface area (Å²) in [4.78, 5) is 9.98. The van der Waals surface area contributed by atoms with Crippen LogP contribution in [0, 0.1) is 5.92 Å². The summed E-state index contributed by atoms with van der Waals surface area (Å²) in [5.41, 5.74) is 5.36. The maximum atomic E-state index is 9.98. The van der Waals surface area contributed by atoms with E-state index in [1.165, 1.54) is 0 Å². The molecule has 0 saturated carbocycles. The molecule has 0 fully saturated rings. The van der Waals surface area contributed by atoms with Crippen LogP contribution in [0.25, 0.3) is 0 Å². The van der Waals surface area contributed by atoms with Crippen molar-refractivity contribution in [1.29, 1.82) is 0 Å². The van der Waals surface area contributed by atoms with Crippen LogP contribution in [0.3, 0.4) is 0 Å². The SMILES string of the molecule is CC.CCC(C)[C@@H](N)C=O. The molecule has 0 aromatic heterocycles. The van der Waals surface area contributed by atoms with Gasteiger partial charge in [0.15, 0.2) is 0 Å². The number of hydrogen-bond donors (Lipinski definition) is 1. The maximum absolute atomic E-state index is 9.98. The van der Waals surface area contributed by atoms with E-state index in [0.717, 1.165) is 12.7 Å². The highest BCUT2D eigenvalue weighted by Crippen LogP contribution is 2.01. The van der Waals surface area contributed by atoms with Crippen LogP contribution in [0.4, 0.5) is 0 Å². The highest BCUT2D eigenvalue weighted by Gasteiger charge is 2.07. The van der Waals surface area contributed by atoms with Crippen molar-refractivity contribution < 1.29 is 4.79 Å². The fraction of sp³-hybridized carbons (Fsp3) is 0.875. The van der Waals surface area contributed by atoms with E-state index >= 15 is 0 Å². The van der Waals surface area contributed by atoms with E-state index in [2.05, 4.69) is 0 Å². The topological polar surface area (TPSA) is 43.1 Å². The molecule has 0 aromatic carbocycles. The van der Waals surface area contributed by atoms with Gasteiger partial charge in [-0.05, 0) is 5.92 Å². The standard InChI is InChI=1S/C6H13NO.C2H6/c1-3-5(2)6(7)4-8;1-2/h4-6H,3,7H2,1-2H3;1-2H3/t5?,6-;/m0./s1. The number of aldehydes is 1. The molecule has 0 aliphatic heterocycles. The van der Waals surface area contributed by atoms with Crippen molar-refractivity contribution >= 4 is 6.29 Å². The molecule has 0 amide bonds. The predicted octanol–water partition coefficient (Wildman–Crippen LogP) is 1.58. The molecule has 0 bridgehead atoms. The first kappa shape index (κ1) is 12.3. The van der Waals surface area contributed by atoms with Gasteiger partial charge in [-0.25, -0.2) is 0 Å². The van der Waals surface area contributed by atoms with Crippen LogP contribution in [-0.2, 0) is 4.79 Å². The van der Waals surface area contributed by atoms with Gasteiger partial charge >= 0.3 is 0 Å². The van der Waals surface area contributed by atoms with Crippen molar-refractivity contribution in [2.45, 2.75) is 40.2 Å². The van der Waals surface area contributed by atoms with E-state index in [0.29, 0.717) is 5.92 Å². The monoisotopic (exact) mass is 145 g/mol. The van der Waals surface area contributed by atoms with Gasteiger partial charge in [0.2, 0.25) is 0 Å². The van der Waals surface area contributed by atoms with Gasteiger partial charge in [0, 0.05) is 0 Å². The Bertz CT molecular complexity index is 73.7. The van der Waals surface area contributed by atoms with Crippen LogP contribution >= 0.6 is 0 Å². The fourth-order valence-electron chi connectivity index (χ4n) is 0.406. The zero-order valence-corrected chi connectivity index (χ0v) is 7.42. The molecule has 10 heavy (non-hydrogen) atoms. The van der Waals surface area contributed by atoms with Crippen molar-refractivity contribution in [2.24, 2.45) is 11.7 Å². The second-order valence-corrected chi connectivity index (χ2v) is 2.10. The maximum Gasteiger partial charge on any atom is 0.136 e. The highest BCUT2D eigenvalue weighted by molar-refractivity contribution is 5.57. The summed E-state index contributed by atoms with van der Waals surface area (Å²) in [7, 11) is 0. The Labute approximate surface area is 63.8 Å². The summed E-state index contributed by atoms with van der Waals surface area (Å²) >= 11 is 0. The predicted molar refractivity (Wildman–Crippen MR) is 44.8 cm³/mol. The van der Waals surface area contributed by atoms with E-state index < -0.39 is 0 Å². The van der Waals surface area contributed by atoms with Gasteiger partial charge in [-0.15, -0.1) is 0 Å². The largest absolute Gasteiger partial charge is 0.322 e. The third-order valence-corrected chi connectivity index (χ3v) is 1.46. The molecule has 1 unspecified atom stereocenters. The average molecular weight is 145 g/mol. The summed E-state index contributed by atoms with van der Waals surface area (Å²) in [6.45, 7) is 7.99. The molecule has 62 valence electrons. The molecule has 2 heteroatoms. The van der Waals surface area contributed by atoms with Crippen molar-refractivity contribution in [3.63, 3.8) is 0 Å². The molecule has 0 aromatic rings. The third-order valence-electron chi connectivity index (χ3n) is 1.46. The summed E-state index contributed by atoms with van der Waals surface area (Å²) in [5, 5.41) is 0. The lowest BCUT2D eigenvalue weighted by Crippen LogP contribution is -2.28. The third kappa shape index (κ3) is 5.76. The normalized spacial score (nSPS) is 14.5. The Hall–Kier alpha value is -0.370. The first-order valence-corrected chi connectivity index (χ1v) is 3.93. The van der Waals surface area contributed by atoms with Gasteiger partial charge in [-0.2, -0.15) is 0 Å². The smallest absolute Gasteiger partial charge is 0.136 e. The first-order valence-electron chi connectivity index (χ1n) is 3.93. The molecule has 0 rings (SSSR count). The molecule has 0 aliphatic rings. The van der Waals surface area contributed by atoms with Gasteiger partial charge in [0.05, 0.1) is 6.04 Å².